The highest BCUT2D eigenvalue weighted by Gasteiger charge is 2.33. The molecular formula is C8H5ClF3NO2. The van der Waals surface area contributed by atoms with Crippen molar-refractivity contribution >= 4 is 17.6 Å². The zero-order valence-electron chi connectivity index (χ0n) is 7.18. The molecule has 15 heavy (non-hydrogen) atoms. The minimum absolute atomic E-state index is 0.0134. The largest absolute Gasteiger partial charge is 0.481 e. The molecule has 1 aromatic rings. The van der Waals surface area contributed by atoms with E-state index in [0.29, 0.717) is 6.20 Å². The number of alkyl halides is 3. The van der Waals surface area contributed by atoms with Crippen molar-refractivity contribution in [1.29, 1.82) is 0 Å². The molecule has 0 spiro atoms. The first-order chi connectivity index (χ1) is 6.80. The fourth-order valence-electron chi connectivity index (χ4n) is 0.931. The third-order valence-electron chi connectivity index (χ3n) is 1.55. The van der Waals surface area contributed by atoms with Crippen LogP contribution in [0, 0.1) is 0 Å². The summed E-state index contributed by atoms with van der Waals surface area (Å²) in [7, 11) is 0. The van der Waals surface area contributed by atoms with Gasteiger partial charge in [0.25, 0.3) is 0 Å². The van der Waals surface area contributed by atoms with E-state index in [1.165, 1.54) is 0 Å². The molecular weight excluding hydrogens is 235 g/mol. The standard InChI is InChI=1S/C8H5ClF3NO2/c9-6-1-4(2-7(14)15)13-3-5(6)8(10,11)12/h1,3H,2H2,(H,14,15). The van der Waals surface area contributed by atoms with Crippen molar-refractivity contribution in [3.63, 3.8) is 0 Å². The normalized spacial score (nSPS) is 11.5. The lowest BCUT2D eigenvalue weighted by Crippen LogP contribution is -2.09. The number of pyridine rings is 1. The predicted molar refractivity (Wildman–Crippen MR) is 45.6 cm³/mol. The van der Waals surface area contributed by atoms with Gasteiger partial charge in [-0.05, 0) is 6.07 Å². The zero-order valence-corrected chi connectivity index (χ0v) is 7.93. The Hall–Kier alpha value is -1.30. The summed E-state index contributed by atoms with van der Waals surface area (Å²) in [6, 6.07) is 0.901. The van der Waals surface area contributed by atoms with Crippen LogP contribution in [0.4, 0.5) is 13.2 Å². The van der Waals surface area contributed by atoms with Gasteiger partial charge in [-0.2, -0.15) is 13.2 Å². The van der Waals surface area contributed by atoms with Crippen LogP contribution in [0.5, 0.6) is 0 Å². The van der Waals surface area contributed by atoms with Gasteiger partial charge in [0.2, 0.25) is 0 Å². The van der Waals surface area contributed by atoms with Crippen molar-refractivity contribution < 1.29 is 23.1 Å². The number of carboxylic acid groups (broad SMARTS) is 1. The molecule has 0 aliphatic heterocycles. The number of hydrogen-bond acceptors (Lipinski definition) is 2. The van der Waals surface area contributed by atoms with Crippen LogP contribution in [-0.4, -0.2) is 16.1 Å². The van der Waals surface area contributed by atoms with E-state index in [2.05, 4.69) is 4.98 Å². The maximum atomic E-state index is 12.2. The summed E-state index contributed by atoms with van der Waals surface area (Å²) in [6.45, 7) is 0. The van der Waals surface area contributed by atoms with E-state index < -0.39 is 29.2 Å². The second-order valence-corrected chi connectivity index (χ2v) is 3.13. The highest BCUT2D eigenvalue weighted by Crippen LogP contribution is 2.34. The molecule has 0 amide bonds. The Balaban J connectivity index is 3.04. The average molecular weight is 240 g/mol. The summed E-state index contributed by atoms with van der Waals surface area (Å²) in [4.78, 5) is 13.6. The van der Waals surface area contributed by atoms with Crippen LogP contribution in [0.15, 0.2) is 12.3 Å². The van der Waals surface area contributed by atoms with E-state index in [1.807, 2.05) is 0 Å². The molecule has 3 nitrogen and oxygen atoms in total. The number of carbonyl (C=O) groups is 1. The van der Waals surface area contributed by atoms with Gasteiger partial charge < -0.3 is 5.11 Å². The molecule has 1 aromatic heterocycles. The second kappa shape index (κ2) is 4.06. The van der Waals surface area contributed by atoms with Crippen molar-refractivity contribution in [2.75, 3.05) is 0 Å². The highest BCUT2D eigenvalue weighted by molar-refractivity contribution is 6.31. The molecule has 82 valence electrons. The molecule has 7 heteroatoms. The van der Waals surface area contributed by atoms with Gasteiger partial charge in [0.15, 0.2) is 0 Å². The van der Waals surface area contributed by atoms with E-state index in [4.69, 9.17) is 16.7 Å². The molecule has 0 aliphatic rings. The summed E-state index contributed by atoms with van der Waals surface area (Å²) in [5, 5.41) is 7.83. The van der Waals surface area contributed by atoms with Crippen LogP contribution in [0.1, 0.15) is 11.3 Å². The average Bonchev–Trinajstić information content (AvgIpc) is 1.99. The fourth-order valence-corrected chi connectivity index (χ4v) is 1.21. The Kier molecular flexibility index (Phi) is 3.18. The maximum Gasteiger partial charge on any atom is 0.419 e. The van der Waals surface area contributed by atoms with Crippen LogP contribution in [0.3, 0.4) is 0 Å². The fraction of sp³-hybridized carbons (Fsp3) is 0.250. The second-order valence-electron chi connectivity index (χ2n) is 2.72. The summed E-state index contributed by atoms with van der Waals surface area (Å²) < 4.78 is 36.6. The first-order valence-electron chi connectivity index (χ1n) is 3.74. The highest BCUT2D eigenvalue weighted by atomic mass is 35.5. The zero-order chi connectivity index (χ0) is 11.6. The van der Waals surface area contributed by atoms with Crippen molar-refractivity contribution in [3.8, 4) is 0 Å². The molecule has 1 rings (SSSR count). The Morgan fingerprint density at radius 3 is 2.53 bits per heavy atom. The first-order valence-corrected chi connectivity index (χ1v) is 4.12. The van der Waals surface area contributed by atoms with E-state index >= 15 is 0 Å². The van der Waals surface area contributed by atoms with Crippen LogP contribution >= 0.6 is 11.6 Å². The molecule has 1 N–H and O–H groups in total. The van der Waals surface area contributed by atoms with E-state index in [9.17, 15) is 18.0 Å². The van der Waals surface area contributed by atoms with Gasteiger partial charge in [0.05, 0.1) is 22.7 Å². The Morgan fingerprint density at radius 1 is 1.53 bits per heavy atom. The van der Waals surface area contributed by atoms with Gasteiger partial charge in [-0.25, -0.2) is 0 Å². The first kappa shape index (κ1) is 11.8. The lowest BCUT2D eigenvalue weighted by Gasteiger charge is -2.08. The molecule has 0 aliphatic carbocycles. The molecule has 0 radical (unpaired) electrons. The number of nitrogens with zero attached hydrogens (tertiary/aromatic N) is 1. The monoisotopic (exact) mass is 239 g/mol. The van der Waals surface area contributed by atoms with Crippen molar-refractivity contribution in [1.82, 2.24) is 4.98 Å². The van der Waals surface area contributed by atoms with Gasteiger partial charge in [-0.1, -0.05) is 11.6 Å². The van der Waals surface area contributed by atoms with Gasteiger partial charge >= 0.3 is 12.1 Å². The van der Waals surface area contributed by atoms with E-state index in [1.54, 1.807) is 0 Å². The molecule has 0 saturated heterocycles. The molecule has 0 aromatic carbocycles. The lowest BCUT2D eigenvalue weighted by molar-refractivity contribution is -0.137. The van der Waals surface area contributed by atoms with Gasteiger partial charge in [0, 0.05) is 6.20 Å². The van der Waals surface area contributed by atoms with Crippen molar-refractivity contribution in [2.45, 2.75) is 12.6 Å². The maximum absolute atomic E-state index is 12.2. The lowest BCUT2D eigenvalue weighted by atomic mass is 10.2. The smallest absolute Gasteiger partial charge is 0.419 e. The number of hydrogen-bond donors (Lipinski definition) is 1. The summed E-state index contributed by atoms with van der Waals surface area (Å²) >= 11 is 5.34. The molecule has 0 unspecified atom stereocenters. The Morgan fingerprint density at radius 2 is 2.13 bits per heavy atom. The number of carboxylic acids is 1. The number of aliphatic carboxylic acids is 1. The third-order valence-corrected chi connectivity index (χ3v) is 1.86. The predicted octanol–water partition coefficient (Wildman–Crippen LogP) is 2.38. The minimum atomic E-state index is -4.58. The van der Waals surface area contributed by atoms with Crippen molar-refractivity contribution in [3.05, 3.63) is 28.5 Å². The van der Waals surface area contributed by atoms with Crippen LogP contribution in [0.2, 0.25) is 5.02 Å². The summed E-state index contributed by atoms with van der Waals surface area (Å²) in [6.07, 6.45) is -4.51. The molecule has 0 atom stereocenters. The number of aromatic nitrogens is 1. The van der Waals surface area contributed by atoms with E-state index in [0.717, 1.165) is 6.07 Å². The number of rotatable bonds is 2. The van der Waals surface area contributed by atoms with Crippen molar-refractivity contribution in [2.24, 2.45) is 0 Å². The van der Waals surface area contributed by atoms with Crippen LogP contribution in [0.25, 0.3) is 0 Å². The van der Waals surface area contributed by atoms with Crippen LogP contribution in [-0.2, 0) is 17.4 Å². The summed E-state index contributed by atoms with van der Waals surface area (Å²) in [5.41, 5.74) is -1.08. The van der Waals surface area contributed by atoms with Gasteiger partial charge in [-0.3, -0.25) is 9.78 Å². The third kappa shape index (κ3) is 3.09. The molecule has 0 bridgehead atoms. The summed E-state index contributed by atoms with van der Waals surface area (Å²) in [5.74, 6) is -1.18. The van der Waals surface area contributed by atoms with E-state index in [-0.39, 0.29) is 5.69 Å². The topological polar surface area (TPSA) is 50.2 Å². The molecule has 1 heterocycles. The van der Waals surface area contributed by atoms with Gasteiger partial charge in [-0.15, -0.1) is 0 Å². The SMILES string of the molecule is O=C(O)Cc1cc(Cl)c(C(F)(F)F)cn1. The van der Waals surface area contributed by atoms with Gasteiger partial charge in [0.1, 0.15) is 0 Å². The van der Waals surface area contributed by atoms with Crippen LogP contribution < -0.4 is 0 Å². The Bertz CT molecular complexity index is 392. The quantitative estimate of drug-likeness (QED) is 0.862. The number of halogens is 4. The molecule has 0 saturated carbocycles. The minimum Gasteiger partial charge on any atom is -0.481 e. The Labute approximate surface area is 87.5 Å². The molecule has 0 fully saturated rings.